The van der Waals surface area contributed by atoms with Crippen molar-refractivity contribution in [2.75, 3.05) is 6.54 Å². The topological polar surface area (TPSA) is 65.5 Å². The average Bonchev–Trinajstić information content (AvgIpc) is 3.08. The third kappa shape index (κ3) is 4.98. The van der Waals surface area contributed by atoms with Gasteiger partial charge in [-0.15, -0.1) is 0 Å². The Morgan fingerprint density at radius 2 is 2.12 bits per heavy atom. The summed E-state index contributed by atoms with van der Waals surface area (Å²) in [6.07, 6.45) is 10.3. The summed E-state index contributed by atoms with van der Waals surface area (Å²) in [5, 5.41) is 8.49. The van der Waals surface area contributed by atoms with Crippen molar-refractivity contribution in [2.24, 2.45) is 0 Å². The second-order valence-corrected chi connectivity index (χ2v) is 6.38. The van der Waals surface area contributed by atoms with E-state index >= 15 is 0 Å². The van der Waals surface area contributed by atoms with Crippen molar-refractivity contribution in [3.8, 4) is 0 Å². The van der Waals surface area contributed by atoms with Crippen LogP contribution in [-0.2, 0) is 17.8 Å². The minimum absolute atomic E-state index is 0.528. The summed E-state index contributed by atoms with van der Waals surface area (Å²) < 4.78 is 0. The zero-order chi connectivity index (χ0) is 17.5. The Hall–Kier alpha value is -2.50. The second-order valence-electron chi connectivity index (χ2n) is 6.38. The highest BCUT2D eigenvalue weighted by molar-refractivity contribution is 5.90. The number of likely N-dealkylation sites (tertiary alicyclic amines) is 1. The van der Waals surface area contributed by atoms with E-state index in [0.29, 0.717) is 6.04 Å². The SMILES string of the molecule is O=C(/C=C/c1ccc(CN2CCCC2Cc2cccnc2)cc1)NO. The van der Waals surface area contributed by atoms with Gasteiger partial charge < -0.3 is 0 Å². The number of carbonyl (C=O) groups excluding carboxylic acids is 1. The Balaban J connectivity index is 1.59. The van der Waals surface area contributed by atoms with Gasteiger partial charge >= 0.3 is 0 Å². The first-order valence-electron chi connectivity index (χ1n) is 8.58. The van der Waals surface area contributed by atoms with Gasteiger partial charge in [0.2, 0.25) is 0 Å². The lowest BCUT2D eigenvalue weighted by atomic mass is 10.0. The van der Waals surface area contributed by atoms with Crippen LogP contribution < -0.4 is 5.48 Å². The first-order chi connectivity index (χ1) is 12.2. The molecule has 1 aliphatic rings. The van der Waals surface area contributed by atoms with Crippen molar-refractivity contribution >= 4 is 12.0 Å². The quantitative estimate of drug-likeness (QED) is 0.483. The van der Waals surface area contributed by atoms with Crippen LogP contribution in [0.15, 0.2) is 54.9 Å². The number of nitrogens with zero attached hydrogens (tertiary/aromatic N) is 2. The maximum absolute atomic E-state index is 11.0. The van der Waals surface area contributed by atoms with E-state index in [4.69, 9.17) is 5.21 Å². The Morgan fingerprint density at radius 1 is 1.28 bits per heavy atom. The summed E-state index contributed by atoms with van der Waals surface area (Å²) in [6, 6.07) is 12.9. The van der Waals surface area contributed by atoms with Gasteiger partial charge in [0.15, 0.2) is 0 Å². The molecule has 1 atom stereocenters. The summed E-state index contributed by atoms with van der Waals surface area (Å²) in [4.78, 5) is 17.8. The number of aromatic nitrogens is 1. The first-order valence-corrected chi connectivity index (χ1v) is 8.58. The monoisotopic (exact) mass is 337 g/mol. The molecule has 1 saturated heterocycles. The Bertz CT molecular complexity index is 713. The third-order valence-electron chi connectivity index (χ3n) is 4.60. The van der Waals surface area contributed by atoms with E-state index in [1.807, 2.05) is 30.6 Å². The standard InChI is InChI=1S/C20H23N3O2/c24-20(22-25)10-9-16-5-7-17(8-6-16)15-23-12-2-4-19(23)13-18-3-1-11-21-14-18/h1,3,5-11,14,19,25H,2,4,12-13,15H2,(H,22,24)/b10-9+. The van der Waals surface area contributed by atoms with Crippen molar-refractivity contribution in [2.45, 2.75) is 31.8 Å². The van der Waals surface area contributed by atoms with E-state index in [0.717, 1.165) is 25.1 Å². The van der Waals surface area contributed by atoms with Crippen LogP contribution in [0.5, 0.6) is 0 Å². The summed E-state index contributed by atoms with van der Waals surface area (Å²) in [7, 11) is 0. The fraction of sp³-hybridized carbons (Fsp3) is 0.300. The molecule has 2 aromatic rings. The molecule has 130 valence electrons. The van der Waals surface area contributed by atoms with Gasteiger partial charge in [-0.2, -0.15) is 0 Å². The number of hydrogen-bond donors (Lipinski definition) is 2. The summed E-state index contributed by atoms with van der Waals surface area (Å²) in [5.41, 5.74) is 5.07. The number of nitrogens with one attached hydrogen (secondary N) is 1. The average molecular weight is 337 g/mol. The zero-order valence-electron chi connectivity index (χ0n) is 14.1. The lowest BCUT2D eigenvalue weighted by Gasteiger charge is -2.24. The maximum atomic E-state index is 11.0. The normalized spacial score (nSPS) is 17.9. The molecular weight excluding hydrogens is 314 g/mol. The van der Waals surface area contributed by atoms with Crippen LogP contribution in [-0.4, -0.2) is 33.6 Å². The number of hydrogen-bond acceptors (Lipinski definition) is 4. The second kappa shape index (κ2) is 8.55. The summed E-state index contributed by atoms with van der Waals surface area (Å²) in [6.45, 7) is 2.06. The fourth-order valence-electron chi connectivity index (χ4n) is 3.30. The number of amides is 1. The Morgan fingerprint density at radius 3 is 2.84 bits per heavy atom. The molecule has 0 radical (unpaired) electrons. The van der Waals surface area contributed by atoms with Crippen LogP contribution in [0.2, 0.25) is 0 Å². The predicted molar refractivity (Wildman–Crippen MR) is 96.8 cm³/mol. The highest BCUT2D eigenvalue weighted by Crippen LogP contribution is 2.23. The largest absolute Gasteiger partial charge is 0.296 e. The van der Waals surface area contributed by atoms with Crippen LogP contribution in [0.4, 0.5) is 0 Å². The lowest BCUT2D eigenvalue weighted by Crippen LogP contribution is -2.30. The fourth-order valence-corrected chi connectivity index (χ4v) is 3.30. The van der Waals surface area contributed by atoms with Gasteiger partial charge in [0, 0.05) is 31.1 Å². The molecule has 1 aliphatic heterocycles. The molecule has 25 heavy (non-hydrogen) atoms. The van der Waals surface area contributed by atoms with Crippen molar-refractivity contribution in [1.29, 1.82) is 0 Å². The van der Waals surface area contributed by atoms with Gasteiger partial charge in [0.05, 0.1) is 0 Å². The number of rotatable bonds is 6. The van der Waals surface area contributed by atoms with E-state index in [9.17, 15) is 4.79 Å². The molecular formula is C20H23N3O2. The molecule has 0 spiro atoms. The van der Waals surface area contributed by atoms with E-state index in [1.54, 1.807) is 11.6 Å². The third-order valence-corrected chi connectivity index (χ3v) is 4.60. The minimum Gasteiger partial charge on any atom is -0.296 e. The van der Waals surface area contributed by atoms with Crippen LogP contribution in [0.25, 0.3) is 6.08 Å². The number of hydroxylamine groups is 1. The first kappa shape index (κ1) is 17.3. The van der Waals surface area contributed by atoms with Crippen LogP contribution in [0, 0.1) is 0 Å². The predicted octanol–water partition coefficient (Wildman–Crippen LogP) is 2.81. The van der Waals surface area contributed by atoms with Gasteiger partial charge in [-0.25, -0.2) is 5.48 Å². The van der Waals surface area contributed by atoms with Crippen LogP contribution >= 0.6 is 0 Å². The molecule has 1 fully saturated rings. The molecule has 1 aromatic carbocycles. The lowest BCUT2D eigenvalue weighted by molar-refractivity contribution is -0.124. The molecule has 0 bridgehead atoms. The zero-order valence-corrected chi connectivity index (χ0v) is 14.1. The van der Waals surface area contributed by atoms with Gasteiger partial charge in [-0.3, -0.25) is 19.9 Å². The van der Waals surface area contributed by atoms with E-state index in [1.165, 1.54) is 30.0 Å². The number of carbonyl (C=O) groups is 1. The molecule has 1 amide bonds. The van der Waals surface area contributed by atoms with Gasteiger partial charge in [-0.05, 0) is 54.6 Å². The molecule has 3 rings (SSSR count). The Kier molecular flexibility index (Phi) is 5.93. The van der Waals surface area contributed by atoms with E-state index in [-0.39, 0.29) is 0 Å². The van der Waals surface area contributed by atoms with Gasteiger partial charge in [0.25, 0.3) is 5.91 Å². The van der Waals surface area contributed by atoms with Crippen molar-refractivity contribution in [1.82, 2.24) is 15.4 Å². The van der Waals surface area contributed by atoms with Crippen LogP contribution in [0.1, 0.15) is 29.5 Å². The smallest absolute Gasteiger partial charge is 0.267 e. The van der Waals surface area contributed by atoms with Crippen molar-refractivity contribution in [3.05, 3.63) is 71.6 Å². The minimum atomic E-state index is -0.528. The van der Waals surface area contributed by atoms with Gasteiger partial charge in [0.1, 0.15) is 0 Å². The molecule has 2 N–H and O–H groups in total. The highest BCUT2D eigenvalue weighted by Gasteiger charge is 2.24. The molecule has 1 aromatic heterocycles. The van der Waals surface area contributed by atoms with Crippen LogP contribution in [0.3, 0.4) is 0 Å². The van der Waals surface area contributed by atoms with E-state index in [2.05, 4.69) is 28.1 Å². The molecule has 5 heteroatoms. The van der Waals surface area contributed by atoms with E-state index < -0.39 is 5.91 Å². The van der Waals surface area contributed by atoms with Gasteiger partial charge in [-0.1, -0.05) is 30.3 Å². The molecule has 2 heterocycles. The maximum Gasteiger partial charge on any atom is 0.267 e. The van der Waals surface area contributed by atoms with Crippen molar-refractivity contribution in [3.63, 3.8) is 0 Å². The number of pyridine rings is 1. The molecule has 5 nitrogen and oxygen atoms in total. The molecule has 0 saturated carbocycles. The summed E-state index contributed by atoms with van der Waals surface area (Å²) >= 11 is 0. The van der Waals surface area contributed by atoms with Crippen molar-refractivity contribution < 1.29 is 10.0 Å². The summed E-state index contributed by atoms with van der Waals surface area (Å²) in [5.74, 6) is -0.528. The molecule has 0 aliphatic carbocycles. The highest BCUT2D eigenvalue weighted by atomic mass is 16.5. The molecule has 1 unspecified atom stereocenters. The number of benzene rings is 1. The Labute approximate surface area is 148 Å².